The Bertz CT molecular complexity index is 468. The van der Waals surface area contributed by atoms with Crippen molar-refractivity contribution in [3.05, 3.63) is 30.6 Å². The summed E-state index contributed by atoms with van der Waals surface area (Å²) in [5.74, 6) is 0. The topological polar surface area (TPSA) is 30.7 Å². The number of nitrogens with zero attached hydrogens (tertiary/aromatic N) is 3. The summed E-state index contributed by atoms with van der Waals surface area (Å²) in [5, 5.41) is 9.29. The van der Waals surface area contributed by atoms with Crippen LogP contribution in [0.25, 0.3) is 16.6 Å². The number of hydrogen-bond acceptors (Lipinski definition) is 2. The van der Waals surface area contributed by atoms with Crippen molar-refractivity contribution in [1.82, 2.24) is 14.8 Å². The van der Waals surface area contributed by atoms with Gasteiger partial charge in [0.25, 0.3) is 0 Å². The molecule has 0 aliphatic carbocycles. The van der Waals surface area contributed by atoms with Crippen LogP contribution in [-0.2, 0) is 7.05 Å². The molecule has 0 aromatic carbocycles. The highest BCUT2D eigenvalue weighted by Crippen LogP contribution is 2.15. The maximum Gasteiger partial charge on any atom is 0.162 e. The summed E-state index contributed by atoms with van der Waals surface area (Å²) in [6.07, 6.45) is 1.97. The molecule has 2 aromatic heterocycles. The van der Waals surface area contributed by atoms with Crippen LogP contribution >= 0.6 is 0 Å². The molecule has 0 unspecified atom stereocenters. The first kappa shape index (κ1) is 7.98. The molecule has 0 aliphatic rings. The minimum atomic E-state index is 0.860. The quantitative estimate of drug-likeness (QED) is 0.660. The van der Waals surface area contributed by atoms with E-state index in [-0.39, 0.29) is 0 Å². The Balaban J connectivity index is 2.70. The molecule has 66 valence electrons. The highest BCUT2D eigenvalue weighted by molar-refractivity contribution is 5.78. The maximum absolute atomic E-state index is 4.11. The van der Waals surface area contributed by atoms with Crippen molar-refractivity contribution in [3.63, 3.8) is 0 Å². The van der Waals surface area contributed by atoms with E-state index in [1.807, 2.05) is 36.9 Å². The molecule has 0 bridgehead atoms. The van der Waals surface area contributed by atoms with Crippen LogP contribution in [0, 0.1) is 0 Å². The normalized spacial score (nSPS) is 10.6. The lowest BCUT2D eigenvalue weighted by Crippen LogP contribution is -1.93. The van der Waals surface area contributed by atoms with E-state index in [9.17, 15) is 0 Å². The molecule has 2 aromatic rings. The lowest BCUT2D eigenvalue weighted by Gasteiger charge is -1.98. The maximum atomic E-state index is 4.11. The van der Waals surface area contributed by atoms with Gasteiger partial charge in [0.2, 0.25) is 0 Å². The van der Waals surface area contributed by atoms with Gasteiger partial charge in [-0.25, -0.2) is 0 Å². The fraction of sp³-hybridized carbons (Fsp3) is 0.200. The standard InChI is InChI=1S/C10H11N3/c1-7(2)9-6-8-4-5-13(3)10(8)12-11-9/h4-6H,1H2,2-3H3. The van der Waals surface area contributed by atoms with Gasteiger partial charge in [-0.2, -0.15) is 0 Å². The molecule has 0 spiro atoms. The summed E-state index contributed by atoms with van der Waals surface area (Å²) in [6, 6.07) is 4.03. The van der Waals surface area contributed by atoms with E-state index in [0.29, 0.717) is 0 Å². The molecule has 3 nitrogen and oxygen atoms in total. The molecule has 0 saturated heterocycles. The van der Waals surface area contributed by atoms with Gasteiger partial charge < -0.3 is 4.57 Å². The second kappa shape index (κ2) is 2.69. The first-order chi connectivity index (χ1) is 6.18. The van der Waals surface area contributed by atoms with Gasteiger partial charge in [0.15, 0.2) is 5.65 Å². The lowest BCUT2D eigenvalue weighted by molar-refractivity contribution is 0.913. The second-order valence-electron chi connectivity index (χ2n) is 3.22. The second-order valence-corrected chi connectivity index (χ2v) is 3.22. The van der Waals surface area contributed by atoms with Crippen LogP contribution in [0.1, 0.15) is 12.6 Å². The third-order valence-corrected chi connectivity index (χ3v) is 2.05. The monoisotopic (exact) mass is 173 g/mol. The van der Waals surface area contributed by atoms with Gasteiger partial charge in [0.1, 0.15) is 0 Å². The van der Waals surface area contributed by atoms with E-state index in [0.717, 1.165) is 22.3 Å². The Kier molecular flexibility index (Phi) is 1.65. The van der Waals surface area contributed by atoms with Gasteiger partial charge in [-0.1, -0.05) is 6.58 Å². The largest absolute Gasteiger partial charge is 0.334 e. The highest BCUT2D eigenvalue weighted by Gasteiger charge is 2.02. The lowest BCUT2D eigenvalue weighted by atomic mass is 10.2. The van der Waals surface area contributed by atoms with Gasteiger partial charge in [-0.15, -0.1) is 10.2 Å². The van der Waals surface area contributed by atoms with E-state index in [2.05, 4.69) is 16.8 Å². The van der Waals surface area contributed by atoms with Crippen molar-refractivity contribution in [3.8, 4) is 0 Å². The van der Waals surface area contributed by atoms with E-state index < -0.39 is 0 Å². The number of fused-ring (bicyclic) bond motifs is 1. The fourth-order valence-electron chi connectivity index (χ4n) is 1.27. The molecular weight excluding hydrogens is 162 g/mol. The van der Waals surface area contributed by atoms with Gasteiger partial charge in [-0.3, -0.25) is 0 Å². The Morgan fingerprint density at radius 1 is 1.46 bits per heavy atom. The number of aromatic nitrogens is 3. The molecule has 13 heavy (non-hydrogen) atoms. The summed E-state index contributed by atoms with van der Waals surface area (Å²) in [6.45, 7) is 5.76. The minimum absolute atomic E-state index is 0.860. The van der Waals surface area contributed by atoms with E-state index in [4.69, 9.17) is 0 Å². The van der Waals surface area contributed by atoms with Crippen molar-refractivity contribution < 1.29 is 0 Å². The Morgan fingerprint density at radius 3 is 2.92 bits per heavy atom. The molecule has 0 aliphatic heterocycles. The van der Waals surface area contributed by atoms with Crippen LogP contribution < -0.4 is 0 Å². The van der Waals surface area contributed by atoms with Gasteiger partial charge in [0, 0.05) is 18.6 Å². The Hall–Kier alpha value is -1.64. The summed E-state index contributed by atoms with van der Waals surface area (Å²) in [4.78, 5) is 0. The zero-order chi connectivity index (χ0) is 9.42. The zero-order valence-electron chi connectivity index (χ0n) is 7.78. The number of allylic oxidation sites excluding steroid dienone is 1. The van der Waals surface area contributed by atoms with Crippen molar-refractivity contribution in [2.45, 2.75) is 6.92 Å². The SMILES string of the molecule is C=C(C)c1cc2ccn(C)c2nn1. The molecule has 3 heteroatoms. The average molecular weight is 173 g/mol. The van der Waals surface area contributed by atoms with E-state index in [1.54, 1.807) is 0 Å². The summed E-state index contributed by atoms with van der Waals surface area (Å²) in [7, 11) is 1.96. The highest BCUT2D eigenvalue weighted by atomic mass is 15.2. The van der Waals surface area contributed by atoms with Crippen LogP contribution in [0.2, 0.25) is 0 Å². The molecular formula is C10H11N3. The third kappa shape index (κ3) is 1.22. The molecule has 0 fully saturated rings. The Morgan fingerprint density at radius 2 is 2.23 bits per heavy atom. The molecule has 0 amide bonds. The number of aryl methyl sites for hydroxylation is 1. The number of rotatable bonds is 1. The van der Waals surface area contributed by atoms with Crippen molar-refractivity contribution in [2.75, 3.05) is 0 Å². The van der Waals surface area contributed by atoms with Gasteiger partial charge >= 0.3 is 0 Å². The zero-order valence-corrected chi connectivity index (χ0v) is 7.78. The van der Waals surface area contributed by atoms with Crippen molar-refractivity contribution >= 4 is 16.6 Å². The van der Waals surface area contributed by atoms with Crippen LogP contribution in [0.3, 0.4) is 0 Å². The van der Waals surface area contributed by atoms with Crippen molar-refractivity contribution in [1.29, 1.82) is 0 Å². The molecule has 2 heterocycles. The average Bonchev–Trinajstić information content (AvgIpc) is 2.47. The number of hydrogen-bond donors (Lipinski definition) is 0. The summed E-state index contributed by atoms with van der Waals surface area (Å²) in [5.41, 5.74) is 2.71. The Labute approximate surface area is 76.7 Å². The fourth-order valence-corrected chi connectivity index (χ4v) is 1.27. The van der Waals surface area contributed by atoms with Crippen LogP contribution in [0.5, 0.6) is 0 Å². The van der Waals surface area contributed by atoms with Crippen molar-refractivity contribution in [2.24, 2.45) is 7.05 Å². The molecule has 0 N–H and O–H groups in total. The van der Waals surface area contributed by atoms with Gasteiger partial charge in [-0.05, 0) is 24.6 Å². The predicted octanol–water partition coefficient (Wildman–Crippen LogP) is 2.00. The first-order valence-electron chi connectivity index (χ1n) is 4.13. The molecule has 2 rings (SSSR count). The van der Waals surface area contributed by atoms with Crippen LogP contribution in [-0.4, -0.2) is 14.8 Å². The van der Waals surface area contributed by atoms with Crippen LogP contribution in [0.15, 0.2) is 24.9 Å². The smallest absolute Gasteiger partial charge is 0.162 e. The van der Waals surface area contributed by atoms with E-state index >= 15 is 0 Å². The first-order valence-corrected chi connectivity index (χ1v) is 4.13. The molecule has 0 atom stereocenters. The summed E-state index contributed by atoms with van der Waals surface area (Å²) < 4.78 is 1.95. The third-order valence-electron chi connectivity index (χ3n) is 2.05. The van der Waals surface area contributed by atoms with Gasteiger partial charge in [0.05, 0.1) is 5.69 Å². The predicted molar refractivity (Wildman–Crippen MR) is 53.2 cm³/mol. The van der Waals surface area contributed by atoms with Crippen LogP contribution in [0.4, 0.5) is 0 Å². The molecule has 0 saturated carbocycles. The van der Waals surface area contributed by atoms with E-state index in [1.165, 1.54) is 0 Å². The summed E-state index contributed by atoms with van der Waals surface area (Å²) >= 11 is 0. The minimum Gasteiger partial charge on any atom is -0.334 e. The molecule has 0 radical (unpaired) electrons.